The van der Waals surface area contributed by atoms with Crippen LogP contribution in [-0.2, 0) is 27.4 Å². The molecule has 0 aliphatic heterocycles. The molecule has 0 aliphatic carbocycles. The molecule has 40 heavy (non-hydrogen) atoms. The van der Waals surface area contributed by atoms with E-state index >= 15 is 0 Å². The molecule has 0 spiro atoms. The van der Waals surface area contributed by atoms with Crippen molar-refractivity contribution >= 4 is 26.3 Å². The van der Waals surface area contributed by atoms with E-state index in [4.69, 9.17) is 9.16 Å². The quantitative estimate of drug-likeness (QED) is 0.230. The molecule has 2 aromatic carbocycles. The molecule has 2 aromatic rings. The fourth-order valence-corrected chi connectivity index (χ4v) is 10.7. The van der Waals surface area contributed by atoms with E-state index in [2.05, 4.69) is 52.2 Å². The van der Waals surface area contributed by atoms with E-state index in [1.54, 1.807) is 13.8 Å². The van der Waals surface area contributed by atoms with Crippen molar-refractivity contribution in [1.82, 2.24) is 10.6 Å². The number of hydrogen-bond acceptors (Lipinski definition) is 5. The predicted octanol–water partition coefficient (Wildman–Crippen LogP) is 6.30. The Labute approximate surface area is 240 Å². The summed E-state index contributed by atoms with van der Waals surface area (Å²) in [7, 11) is -2.19. The number of carbonyl (C=O) groups is 3. The molecular formula is C31H46N2O6Si. The van der Waals surface area contributed by atoms with Crippen LogP contribution >= 0.6 is 0 Å². The molecule has 0 radical (unpaired) electrons. The number of benzene rings is 2. The van der Waals surface area contributed by atoms with Crippen molar-refractivity contribution in [3.05, 3.63) is 65.7 Å². The molecule has 0 saturated heterocycles. The van der Waals surface area contributed by atoms with Gasteiger partial charge in [0.05, 0.1) is 0 Å². The topological polar surface area (TPSA) is 114 Å². The number of nitrogens with one attached hydrogen (secondary N) is 2. The summed E-state index contributed by atoms with van der Waals surface area (Å²) in [5.74, 6) is -1.32. The van der Waals surface area contributed by atoms with Crippen molar-refractivity contribution in [1.29, 1.82) is 0 Å². The van der Waals surface area contributed by atoms with E-state index < -0.39 is 38.4 Å². The van der Waals surface area contributed by atoms with Gasteiger partial charge >= 0.3 is 12.1 Å². The second kappa shape index (κ2) is 14.9. The molecule has 0 aromatic heterocycles. The number of aliphatic carboxylic acids is 1. The largest absolute Gasteiger partial charge is 0.543 e. The van der Waals surface area contributed by atoms with Gasteiger partial charge < -0.3 is 24.9 Å². The molecule has 0 bridgehead atoms. The SMILES string of the molecule is CC(C)[C@H](NC(=O)OCc1ccccc1)C(=O)N[C@@H](Cc1cccc(O[Si](C(C)C)(C(C)C)C(C)C)c1)C(=O)O. The monoisotopic (exact) mass is 570 g/mol. The third-order valence-electron chi connectivity index (χ3n) is 7.39. The second-order valence-corrected chi connectivity index (χ2v) is 17.0. The maximum Gasteiger partial charge on any atom is 0.408 e. The molecular weight excluding hydrogens is 524 g/mol. The van der Waals surface area contributed by atoms with E-state index in [9.17, 15) is 19.5 Å². The van der Waals surface area contributed by atoms with E-state index in [-0.39, 0.29) is 18.9 Å². The maximum absolute atomic E-state index is 13.1. The third kappa shape index (κ3) is 8.84. The summed E-state index contributed by atoms with van der Waals surface area (Å²) in [4.78, 5) is 37.7. The lowest BCUT2D eigenvalue weighted by atomic mass is 10.0. The van der Waals surface area contributed by atoms with Crippen LogP contribution in [0.2, 0.25) is 16.6 Å². The van der Waals surface area contributed by atoms with Crippen molar-refractivity contribution in [2.45, 2.75) is 97.1 Å². The number of alkyl carbamates (subject to hydrolysis) is 1. The third-order valence-corrected chi connectivity index (χ3v) is 13.4. The zero-order valence-corrected chi connectivity index (χ0v) is 26.1. The maximum atomic E-state index is 13.1. The summed E-state index contributed by atoms with van der Waals surface area (Å²) < 4.78 is 12.0. The van der Waals surface area contributed by atoms with Gasteiger partial charge in [-0.05, 0) is 45.8 Å². The highest BCUT2D eigenvalue weighted by molar-refractivity contribution is 6.78. The Balaban J connectivity index is 2.13. The van der Waals surface area contributed by atoms with Gasteiger partial charge in [0.15, 0.2) is 0 Å². The number of ether oxygens (including phenoxy) is 1. The van der Waals surface area contributed by atoms with E-state index in [0.29, 0.717) is 16.6 Å². The summed E-state index contributed by atoms with van der Waals surface area (Å²) in [6.45, 7) is 16.9. The number of carboxylic acid groups (broad SMARTS) is 1. The Morgan fingerprint density at radius 3 is 1.90 bits per heavy atom. The van der Waals surface area contributed by atoms with Crippen molar-refractivity contribution < 1.29 is 28.7 Å². The summed E-state index contributed by atoms with van der Waals surface area (Å²) in [6.07, 6.45) is -0.677. The normalized spacial score (nSPS) is 13.3. The van der Waals surface area contributed by atoms with Gasteiger partial charge in [0.1, 0.15) is 24.4 Å². The molecule has 0 fully saturated rings. The van der Waals surface area contributed by atoms with Gasteiger partial charge in [0.25, 0.3) is 8.32 Å². The van der Waals surface area contributed by atoms with Crippen LogP contribution in [0.25, 0.3) is 0 Å². The van der Waals surface area contributed by atoms with Crippen molar-refractivity contribution in [2.24, 2.45) is 5.92 Å². The van der Waals surface area contributed by atoms with Gasteiger partial charge in [0.2, 0.25) is 5.91 Å². The fourth-order valence-electron chi connectivity index (χ4n) is 5.42. The fraction of sp³-hybridized carbons (Fsp3) is 0.516. The predicted molar refractivity (Wildman–Crippen MR) is 160 cm³/mol. The van der Waals surface area contributed by atoms with Crippen LogP contribution in [0.3, 0.4) is 0 Å². The minimum Gasteiger partial charge on any atom is -0.543 e. The van der Waals surface area contributed by atoms with Gasteiger partial charge in [-0.15, -0.1) is 0 Å². The van der Waals surface area contributed by atoms with E-state index in [0.717, 1.165) is 16.9 Å². The van der Waals surface area contributed by atoms with Crippen LogP contribution in [0.4, 0.5) is 4.79 Å². The standard InChI is InChI=1S/C31H46N2O6Si/c1-20(2)28(33-31(37)38-19-24-13-10-9-11-14-24)29(34)32-27(30(35)36)18-25-15-12-16-26(17-25)39-40(21(3)4,22(5)6)23(7)8/h9-17,20-23,27-28H,18-19H2,1-8H3,(H,32,34)(H,33,37)(H,35,36)/t27-,28-/m0/s1. The molecule has 2 atom stereocenters. The molecule has 0 heterocycles. The van der Waals surface area contributed by atoms with Gasteiger partial charge in [-0.25, -0.2) is 9.59 Å². The first kappa shape index (κ1) is 32.9. The van der Waals surface area contributed by atoms with Crippen molar-refractivity contribution in [3.63, 3.8) is 0 Å². The summed E-state index contributed by atoms with van der Waals surface area (Å²) in [5.41, 5.74) is 2.72. The number of amides is 2. The smallest absolute Gasteiger partial charge is 0.408 e. The average molecular weight is 571 g/mol. The molecule has 3 N–H and O–H groups in total. The number of hydrogen-bond donors (Lipinski definition) is 3. The molecule has 2 amide bonds. The molecule has 0 aliphatic rings. The Morgan fingerprint density at radius 1 is 0.800 bits per heavy atom. The molecule has 9 heteroatoms. The highest BCUT2D eigenvalue weighted by Crippen LogP contribution is 2.42. The van der Waals surface area contributed by atoms with Crippen molar-refractivity contribution in [3.8, 4) is 5.75 Å². The summed E-state index contributed by atoms with van der Waals surface area (Å²) in [5, 5.41) is 15.1. The zero-order valence-electron chi connectivity index (χ0n) is 25.1. The lowest BCUT2D eigenvalue weighted by Crippen LogP contribution is -2.54. The Hall–Kier alpha value is -3.33. The first-order valence-corrected chi connectivity index (χ1v) is 16.2. The zero-order chi connectivity index (χ0) is 30.0. The van der Waals surface area contributed by atoms with E-state index in [1.165, 1.54) is 0 Å². The van der Waals surface area contributed by atoms with Crippen molar-refractivity contribution in [2.75, 3.05) is 0 Å². The number of rotatable bonds is 14. The van der Waals surface area contributed by atoms with Gasteiger partial charge in [-0.3, -0.25) is 4.79 Å². The average Bonchev–Trinajstić information content (AvgIpc) is 2.88. The van der Waals surface area contributed by atoms with Gasteiger partial charge in [-0.2, -0.15) is 0 Å². The van der Waals surface area contributed by atoms with Crippen LogP contribution in [0.15, 0.2) is 54.6 Å². The van der Waals surface area contributed by atoms with Crippen LogP contribution in [0.5, 0.6) is 5.75 Å². The minimum atomic E-state index is -2.19. The number of carbonyl (C=O) groups excluding carboxylic acids is 2. The van der Waals surface area contributed by atoms with Gasteiger partial charge in [-0.1, -0.05) is 97.9 Å². The molecule has 2 rings (SSSR count). The minimum absolute atomic E-state index is 0.0594. The Morgan fingerprint density at radius 2 is 1.38 bits per heavy atom. The van der Waals surface area contributed by atoms with Crippen LogP contribution in [-0.4, -0.2) is 43.5 Å². The number of carboxylic acids is 1. The second-order valence-electron chi connectivity index (χ2n) is 11.6. The lowest BCUT2D eigenvalue weighted by molar-refractivity contribution is -0.142. The molecule has 0 saturated carbocycles. The summed E-state index contributed by atoms with van der Waals surface area (Å²) in [6, 6.07) is 14.5. The lowest BCUT2D eigenvalue weighted by Gasteiger charge is -2.42. The first-order valence-electron chi connectivity index (χ1n) is 14.1. The van der Waals surface area contributed by atoms with Crippen LogP contribution < -0.4 is 15.1 Å². The molecule has 220 valence electrons. The molecule has 0 unspecified atom stereocenters. The highest BCUT2D eigenvalue weighted by Gasteiger charge is 2.47. The van der Waals surface area contributed by atoms with Crippen LogP contribution in [0, 0.1) is 5.92 Å². The Bertz CT molecular complexity index is 1100. The van der Waals surface area contributed by atoms with E-state index in [1.807, 2.05) is 54.6 Å². The first-order chi connectivity index (χ1) is 18.8. The summed E-state index contributed by atoms with van der Waals surface area (Å²) >= 11 is 0. The molecule has 8 nitrogen and oxygen atoms in total. The highest BCUT2D eigenvalue weighted by atomic mass is 28.4. The Kier molecular flexibility index (Phi) is 12.2. The van der Waals surface area contributed by atoms with Crippen LogP contribution in [0.1, 0.15) is 66.5 Å². The van der Waals surface area contributed by atoms with Gasteiger partial charge in [0, 0.05) is 6.42 Å².